The molecule has 0 saturated heterocycles. The minimum absolute atomic E-state index is 0.478. The van der Waals surface area contributed by atoms with Crippen molar-refractivity contribution in [2.24, 2.45) is 5.73 Å². The van der Waals surface area contributed by atoms with Crippen LogP contribution in [0.15, 0.2) is 36.4 Å². The van der Waals surface area contributed by atoms with Crippen LogP contribution in [0.3, 0.4) is 0 Å². The fourth-order valence-corrected chi connectivity index (χ4v) is 1.79. The molecule has 0 spiro atoms. The van der Waals surface area contributed by atoms with Crippen LogP contribution >= 0.6 is 0 Å². The Morgan fingerprint density at radius 3 is 2.88 bits per heavy atom. The average molecular weight is 215 g/mol. The molecule has 1 aromatic heterocycles. The lowest BCUT2D eigenvalue weighted by Crippen LogP contribution is -2.04. The molecular weight excluding hydrogens is 198 g/mol. The van der Waals surface area contributed by atoms with E-state index < -0.39 is 0 Å². The second kappa shape index (κ2) is 4.49. The van der Waals surface area contributed by atoms with Crippen molar-refractivity contribution in [1.29, 1.82) is 0 Å². The van der Waals surface area contributed by atoms with Crippen LogP contribution in [-0.2, 0) is 13.1 Å². The summed E-state index contributed by atoms with van der Waals surface area (Å²) in [6, 6.07) is 8.18. The monoisotopic (exact) mass is 215 g/mol. The minimum Gasteiger partial charge on any atom is -0.325 e. The lowest BCUT2D eigenvalue weighted by atomic mass is 10.2. The third-order valence-electron chi connectivity index (χ3n) is 2.80. The Hall–Kier alpha value is -1.61. The molecule has 2 N–H and O–H groups in total. The van der Waals surface area contributed by atoms with Crippen LogP contribution in [0.2, 0.25) is 0 Å². The van der Waals surface area contributed by atoms with Crippen LogP contribution in [-0.4, -0.2) is 9.78 Å². The summed E-state index contributed by atoms with van der Waals surface area (Å²) in [5.74, 6) is 0. The number of para-hydroxylation sites is 1. The Balaban J connectivity index is 2.49. The second-order valence-electron chi connectivity index (χ2n) is 3.93. The van der Waals surface area contributed by atoms with Gasteiger partial charge in [-0.05, 0) is 12.5 Å². The molecule has 0 amide bonds. The number of aromatic nitrogens is 2. The molecular formula is C13H17N3. The Labute approximate surface area is 95.6 Å². The second-order valence-corrected chi connectivity index (χ2v) is 3.93. The molecule has 2 rings (SSSR count). The average Bonchev–Trinajstić information content (AvgIpc) is 2.68. The normalized spacial score (nSPS) is 10.9. The molecule has 0 aliphatic heterocycles. The Morgan fingerprint density at radius 1 is 1.44 bits per heavy atom. The SMILES string of the molecule is C=C(CC)Cn1nc(CN)c2ccccc21. The maximum atomic E-state index is 5.69. The quantitative estimate of drug-likeness (QED) is 0.796. The van der Waals surface area contributed by atoms with Crippen LogP contribution in [0.4, 0.5) is 0 Å². The van der Waals surface area contributed by atoms with Crippen molar-refractivity contribution in [1.82, 2.24) is 9.78 Å². The molecule has 1 aromatic carbocycles. The van der Waals surface area contributed by atoms with E-state index >= 15 is 0 Å². The number of nitrogens with two attached hydrogens (primary N) is 1. The first kappa shape index (κ1) is 10.9. The molecule has 2 aromatic rings. The van der Waals surface area contributed by atoms with Crippen LogP contribution in [0.25, 0.3) is 10.9 Å². The zero-order chi connectivity index (χ0) is 11.5. The number of fused-ring (bicyclic) bond motifs is 1. The highest BCUT2D eigenvalue weighted by Gasteiger charge is 2.08. The van der Waals surface area contributed by atoms with Crippen molar-refractivity contribution < 1.29 is 0 Å². The van der Waals surface area contributed by atoms with Gasteiger partial charge in [-0.25, -0.2) is 0 Å². The van der Waals surface area contributed by atoms with Crippen molar-refractivity contribution >= 4 is 10.9 Å². The molecule has 16 heavy (non-hydrogen) atoms. The van der Waals surface area contributed by atoms with Crippen LogP contribution < -0.4 is 5.73 Å². The van der Waals surface area contributed by atoms with Gasteiger partial charge in [-0.1, -0.05) is 37.3 Å². The molecule has 0 fully saturated rings. The van der Waals surface area contributed by atoms with Crippen molar-refractivity contribution in [2.75, 3.05) is 0 Å². The molecule has 3 heteroatoms. The zero-order valence-electron chi connectivity index (χ0n) is 9.61. The van der Waals surface area contributed by atoms with Crippen molar-refractivity contribution in [3.8, 4) is 0 Å². The number of allylic oxidation sites excluding steroid dienone is 1. The highest BCUT2D eigenvalue weighted by atomic mass is 15.3. The summed E-state index contributed by atoms with van der Waals surface area (Å²) in [6.07, 6.45) is 0.978. The summed E-state index contributed by atoms with van der Waals surface area (Å²) in [4.78, 5) is 0. The van der Waals surface area contributed by atoms with Gasteiger partial charge >= 0.3 is 0 Å². The maximum absolute atomic E-state index is 5.69. The number of hydrogen-bond donors (Lipinski definition) is 1. The lowest BCUT2D eigenvalue weighted by Gasteiger charge is -2.04. The fraction of sp³-hybridized carbons (Fsp3) is 0.308. The van der Waals surface area contributed by atoms with E-state index in [1.54, 1.807) is 0 Å². The van der Waals surface area contributed by atoms with Gasteiger partial charge in [0.2, 0.25) is 0 Å². The van der Waals surface area contributed by atoms with E-state index in [2.05, 4.69) is 30.7 Å². The van der Waals surface area contributed by atoms with Gasteiger partial charge in [0, 0.05) is 11.9 Å². The summed E-state index contributed by atoms with van der Waals surface area (Å²) >= 11 is 0. The number of rotatable bonds is 4. The van der Waals surface area contributed by atoms with Crippen molar-refractivity contribution in [3.63, 3.8) is 0 Å². The van der Waals surface area contributed by atoms with Gasteiger partial charge in [-0.3, -0.25) is 4.68 Å². The molecule has 0 atom stereocenters. The number of nitrogens with zero attached hydrogens (tertiary/aromatic N) is 2. The van der Waals surface area contributed by atoms with Gasteiger partial charge in [-0.2, -0.15) is 5.10 Å². The van der Waals surface area contributed by atoms with Gasteiger partial charge in [0.1, 0.15) is 0 Å². The van der Waals surface area contributed by atoms with E-state index in [4.69, 9.17) is 5.73 Å². The predicted molar refractivity (Wildman–Crippen MR) is 67.1 cm³/mol. The van der Waals surface area contributed by atoms with E-state index in [0.717, 1.165) is 29.6 Å². The van der Waals surface area contributed by atoms with E-state index in [1.807, 2.05) is 16.8 Å². The van der Waals surface area contributed by atoms with Crippen LogP contribution in [0.1, 0.15) is 19.0 Å². The van der Waals surface area contributed by atoms with Gasteiger partial charge in [-0.15, -0.1) is 0 Å². The first-order chi connectivity index (χ1) is 7.76. The molecule has 3 nitrogen and oxygen atoms in total. The lowest BCUT2D eigenvalue weighted by molar-refractivity contribution is 0.672. The smallest absolute Gasteiger partial charge is 0.0839 e. The summed E-state index contributed by atoms with van der Waals surface area (Å²) in [6.45, 7) is 7.38. The Morgan fingerprint density at radius 2 is 2.19 bits per heavy atom. The fourth-order valence-electron chi connectivity index (χ4n) is 1.79. The first-order valence-corrected chi connectivity index (χ1v) is 5.57. The first-order valence-electron chi connectivity index (χ1n) is 5.57. The molecule has 0 bridgehead atoms. The minimum atomic E-state index is 0.478. The Kier molecular flexibility index (Phi) is 3.06. The maximum Gasteiger partial charge on any atom is 0.0839 e. The van der Waals surface area contributed by atoms with Gasteiger partial charge in [0.25, 0.3) is 0 Å². The van der Waals surface area contributed by atoms with E-state index in [-0.39, 0.29) is 0 Å². The highest BCUT2D eigenvalue weighted by molar-refractivity contribution is 5.81. The molecule has 0 aliphatic carbocycles. The summed E-state index contributed by atoms with van der Waals surface area (Å²) < 4.78 is 1.99. The largest absolute Gasteiger partial charge is 0.325 e. The van der Waals surface area contributed by atoms with Gasteiger partial charge in [0.05, 0.1) is 17.8 Å². The molecule has 0 saturated carbocycles. The number of benzene rings is 1. The summed E-state index contributed by atoms with van der Waals surface area (Å²) in [5, 5.41) is 5.67. The number of hydrogen-bond acceptors (Lipinski definition) is 2. The van der Waals surface area contributed by atoms with Crippen molar-refractivity contribution in [2.45, 2.75) is 26.4 Å². The zero-order valence-corrected chi connectivity index (χ0v) is 9.61. The van der Waals surface area contributed by atoms with E-state index in [0.29, 0.717) is 6.54 Å². The molecule has 0 aliphatic rings. The summed E-state index contributed by atoms with van der Waals surface area (Å²) in [7, 11) is 0. The molecule has 84 valence electrons. The van der Waals surface area contributed by atoms with Crippen molar-refractivity contribution in [3.05, 3.63) is 42.1 Å². The van der Waals surface area contributed by atoms with Gasteiger partial charge < -0.3 is 5.73 Å². The molecule has 1 heterocycles. The van der Waals surface area contributed by atoms with E-state index in [1.165, 1.54) is 5.57 Å². The molecule has 0 unspecified atom stereocenters. The van der Waals surface area contributed by atoms with Crippen LogP contribution in [0.5, 0.6) is 0 Å². The topological polar surface area (TPSA) is 43.8 Å². The molecule has 0 radical (unpaired) electrons. The van der Waals surface area contributed by atoms with Gasteiger partial charge in [0.15, 0.2) is 0 Å². The third kappa shape index (κ3) is 1.86. The summed E-state index contributed by atoms with van der Waals surface area (Å²) in [5.41, 5.74) is 8.97. The van der Waals surface area contributed by atoms with Crippen LogP contribution in [0, 0.1) is 0 Å². The Bertz CT molecular complexity index is 511. The predicted octanol–water partition coefficient (Wildman–Crippen LogP) is 2.46. The van der Waals surface area contributed by atoms with E-state index in [9.17, 15) is 0 Å². The standard InChI is InChI=1S/C13H17N3/c1-3-10(2)9-16-13-7-5-4-6-11(13)12(8-14)15-16/h4-7H,2-3,8-9,14H2,1H3. The third-order valence-corrected chi connectivity index (χ3v) is 2.80. The highest BCUT2D eigenvalue weighted by Crippen LogP contribution is 2.19.